The van der Waals surface area contributed by atoms with Crippen LogP contribution in [0.5, 0.6) is 0 Å². The van der Waals surface area contributed by atoms with Crippen molar-refractivity contribution in [1.82, 2.24) is 0 Å². The Bertz CT molecular complexity index is 626. The van der Waals surface area contributed by atoms with E-state index in [1.54, 1.807) is 6.07 Å². The van der Waals surface area contributed by atoms with Gasteiger partial charge in [-0.3, -0.25) is 0 Å². The summed E-state index contributed by atoms with van der Waals surface area (Å²) in [5.41, 5.74) is -0.703. The Hall–Kier alpha value is -1.82. The number of thiophene rings is 1. The summed E-state index contributed by atoms with van der Waals surface area (Å²) in [6, 6.07) is 5.12. The maximum Gasteiger partial charge on any atom is 0.416 e. The predicted octanol–water partition coefficient (Wildman–Crippen LogP) is 4.02. The molecule has 1 aromatic heterocycles. The molecule has 18 heavy (non-hydrogen) atoms. The molecular formula is C12H7F3O2S. The number of hydrogen-bond acceptors (Lipinski definition) is 2. The summed E-state index contributed by atoms with van der Waals surface area (Å²) >= 11 is 1.12. The summed E-state index contributed by atoms with van der Waals surface area (Å²) in [5, 5.41) is 9.13. The second-order valence-electron chi connectivity index (χ2n) is 3.57. The van der Waals surface area contributed by atoms with Gasteiger partial charge in [-0.1, -0.05) is 6.07 Å². The number of alkyl halides is 3. The van der Waals surface area contributed by atoms with Gasteiger partial charge in [-0.15, -0.1) is 11.3 Å². The van der Waals surface area contributed by atoms with Gasteiger partial charge in [-0.25, -0.2) is 4.79 Å². The Balaban J connectivity index is 2.43. The van der Waals surface area contributed by atoms with Crippen LogP contribution in [0.1, 0.15) is 10.4 Å². The van der Waals surface area contributed by atoms with Gasteiger partial charge < -0.3 is 5.11 Å². The lowest BCUT2D eigenvalue weighted by Gasteiger charge is -2.05. The molecule has 0 aliphatic rings. The first-order valence-corrected chi connectivity index (χ1v) is 5.70. The monoisotopic (exact) mass is 272 g/mol. The van der Waals surface area contributed by atoms with Gasteiger partial charge in [0, 0.05) is 15.7 Å². The van der Waals surface area contributed by atoms with E-state index in [0.29, 0.717) is 15.0 Å². The van der Waals surface area contributed by atoms with E-state index >= 15 is 0 Å². The second kappa shape index (κ2) is 4.45. The van der Waals surface area contributed by atoms with E-state index in [0.717, 1.165) is 29.5 Å². The minimum absolute atomic E-state index is 0.481. The van der Waals surface area contributed by atoms with Crippen molar-refractivity contribution in [2.75, 3.05) is 0 Å². The molecule has 0 unspecified atom stereocenters. The summed E-state index contributed by atoms with van der Waals surface area (Å²) in [7, 11) is 0. The van der Waals surface area contributed by atoms with E-state index in [-0.39, 0.29) is 0 Å². The molecule has 1 N–H and O–H groups in total. The molecule has 0 aliphatic carbocycles. The molecule has 94 valence electrons. The number of hydrogen-bond donors (Lipinski definition) is 1. The molecule has 6 heteroatoms. The van der Waals surface area contributed by atoms with E-state index in [1.807, 2.05) is 0 Å². The molecule has 2 nitrogen and oxygen atoms in total. The zero-order valence-electron chi connectivity index (χ0n) is 8.86. The van der Waals surface area contributed by atoms with Crippen molar-refractivity contribution in [3.63, 3.8) is 0 Å². The van der Waals surface area contributed by atoms with Gasteiger partial charge in [0.05, 0.1) is 5.56 Å². The Morgan fingerprint density at radius 2 is 2.00 bits per heavy atom. The van der Waals surface area contributed by atoms with Crippen molar-refractivity contribution in [3.05, 3.63) is 40.8 Å². The van der Waals surface area contributed by atoms with Crippen LogP contribution in [-0.2, 0) is 11.0 Å². The van der Waals surface area contributed by atoms with E-state index in [9.17, 15) is 18.0 Å². The van der Waals surface area contributed by atoms with Crippen LogP contribution in [0, 0.1) is 0 Å². The average molecular weight is 272 g/mol. The zero-order chi connectivity index (χ0) is 13.3. The van der Waals surface area contributed by atoms with Crippen molar-refractivity contribution >= 4 is 33.5 Å². The fourth-order valence-corrected chi connectivity index (χ4v) is 2.47. The van der Waals surface area contributed by atoms with Crippen molar-refractivity contribution in [3.8, 4) is 0 Å². The first-order valence-electron chi connectivity index (χ1n) is 4.88. The smallest absolute Gasteiger partial charge is 0.416 e. The second-order valence-corrected chi connectivity index (χ2v) is 4.69. The average Bonchev–Trinajstić information content (AvgIpc) is 2.66. The molecule has 2 rings (SSSR count). The molecule has 0 atom stereocenters. The van der Waals surface area contributed by atoms with E-state index in [4.69, 9.17) is 5.11 Å². The molecular weight excluding hydrogens is 265 g/mol. The molecule has 0 fully saturated rings. The van der Waals surface area contributed by atoms with E-state index < -0.39 is 17.7 Å². The SMILES string of the molecule is O=C(O)C=Cc1cc2ccc(C(F)(F)F)cc2s1. The number of halogens is 3. The molecule has 0 radical (unpaired) electrons. The third kappa shape index (κ3) is 2.70. The number of fused-ring (bicyclic) bond motifs is 1. The van der Waals surface area contributed by atoms with Crippen molar-refractivity contribution < 1.29 is 23.1 Å². The summed E-state index contributed by atoms with van der Waals surface area (Å²) in [6.07, 6.45) is -2.05. The topological polar surface area (TPSA) is 37.3 Å². The third-order valence-corrected chi connectivity index (χ3v) is 3.32. The third-order valence-electron chi connectivity index (χ3n) is 2.26. The number of carbonyl (C=O) groups is 1. The van der Waals surface area contributed by atoms with E-state index in [1.165, 1.54) is 12.1 Å². The largest absolute Gasteiger partial charge is 0.478 e. The molecule has 0 bridgehead atoms. The lowest BCUT2D eigenvalue weighted by atomic mass is 10.1. The van der Waals surface area contributed by atoms with Crippen LogP contribution in [0.4, 0.5) is 13.2 Å². The van der Waals surface area contributed by atoms with Crippen LogP contribution in [0.15, 0.2) is 30.3 Å². The zero-order valence-corrected chi connectivity index (χ0v) is 9.68. The molecule has 1 heterocycles. The molecule has 0 saturated heterocycles. The van der Waals surface area contributed by atoms with Crippen LogP contribution in [0.3, 0.4) is 0 Å². The van der Waals surface area contributed by atoms with Crippen LogP contribution in [-0.4, -0.2) is 11.1 Å². The van der Waals surface area contributed by atoms with Crippen LogP contribution < -0.4 is 0 Å². The Morgan fingerprint density at radius 3 is 2.61 bits per heavy atom. The highest BCUT2D eigenvalue weighted by atomic mass is 32.1. The Morgan fingerprint density at radius 1 is 1.28 bits per heavy atom. The molecule has 0 aliphatic heterocycles. The van der Waals surface area contributed by atoms with Crippen molar-refractivity contribution in [1.29, 1.82) is 0 Å². The number of carboxylic acids is 1. The maximum absolute atomic E-state index is 12.5. The lowest BCUT2D eigenvalue weighted by Crippen LogP contribution is -2.03. The maximum atomic E-state index is 12.5. The van der Waals surface area contributed by atoms with Gasteiger partial charge in [0.25, 0.3) is 0 Å². The molecule has 0 amide bonds. The van der Waals surface area contributed by atoms with Gasteiger partial charge in [-0.2, -0.15) is 13.2 Å². The number of aliphatic carboxylic acids is 1. The molecule has 1 aromatic carbocycles. The minimum atomic E-state index is -4.37. The van der Waals surface area contributed by atoms with Crippen LogP contribution >= 0.6 is 11.3 Å². The summed E-state index contributed by atoms with van der Waals surface area (Å²) < 4.78 is 37.9. The number of carboxylic acid groups (broad SMARTS) is 1. The summed E-state index contributed by atoms with van der Waals surface area (Å²) in [5.74, 6) is -1.09. The first-order chi connectivity index (χ1) is 8.36. The van der Waals surface area contributed by atoms with Crippen molar-refractivity contribution in [2.24, 2.45) is 0 Å². The highest BCUT2D eigenvalue weighted by Crippen LogP contribution is 2.34. The Labute approximate surface area is 104 Å². The number of benzene rings is 1. The Kier molecular flexibility index (Phi) is 3.13. The molecule has 0 saturated carbocycles. The molecule has 0 spiro atoms. The van der Waals surface area contributed by atoms with E-state index in [2.05, 4.69) is 0 Å². The van der Waals surface area contributed by atoms with Gasteiger partial charge >= 0.3 is 12.1 Å². The standard InChI is InChI=1S/C12H7F3O2S/c13-12(14,15)8-2-1-7-5-9(3-4-11(16)17)18-10(7)6-8/h1-6H,(H,16,17). The quantitative estimate of drug-likeness (QED) is 0.838. The fourth-order valence-electron chi connectivity index (χ4n) is 1.46. The van der Waals surface area contributed by atoms with Gasteiger partial charge in [0.1, 0.15) is 0 Å². The predicted molar refractivity (Wildman–Crippen MR) is 63.5 cm³/mol. The van der Waals surface area contributed by atoms with Crippen LogP contribution in [0.2, 0.25) is 0 Å². The lowest BCUT2D eigenvalue weighted by molar-refractivity contribution is -0.137. The highest BCUT2D eigenvalue weighted by molar-refractivity contribution is 7.19. The van der Waals surface area contributed by atoms with Gasteiger partial charge in [0.15, 0.2) is 0 Å². The first kappa shape index (κ1) is 12.6. The number of rotatable bonds is 2. The summed E-state index contributed by atoms with van der Waals surface area (Å²) in [4.78, 5) is 10.9. The van der Waals surface area contributed by atoms with Crippen LogP contribution in [0.25, 0.3) is 16.2 Å². The minimum Gasteiger partial charge on any atom is -0.478 e. The fraction of sp³-hybridized carbons (Fsp3) is 0.0833. The normalized spacial score (nSPS) is 12.4. The van der Waals surface area contributed by atoms with Gasteiger partial charge in [0.2, 0.25) is 0 Å². The van der Waals surface area contributed by atoms with Crippen molar-refractivity contribution in [2.45, 2.75) is 6.18 Å². The molecule has 2 aromatic rings. The summed E-state index contributed by atoms with van der Waals surface area (Å²) in [6.45, 7) is 0. The van der Waals surface area contributed by atoms with Gasteiger partial charge in [-0.05, 0) is 29.7 Å². The highest BCUT2D eigenvalue weighted by Gasteiger charge is 2.30.